The topological polar surface area (TPSA) is 17.1 Å². The lowest BCUT2D eigenvalue weighted by molar-refractivity contribution is -0.117. The highest BCUT2D eigenvalue weighted by atomic mass is 16.1. The van der Waals surface area contributed by atoms with E-state index in [0.29, 0.717) is 11.2 Å². The van der Waals surface area contributed by atoms with Crippen molar-refractivity contribution in [2.24, 2.45) is 46.8 Å². The second-order valence-corrected chi connectivity index (χ2v) is 9.63. The zero-order valence-corrected chi connectivity index (χ0v) is 15.5. The fraction of sp³-hybridized carbons (Fsp3) is 0.864. The molecule has 0 amide bonds. The molecule has 0 bridgehead atoms. The largest absolute Gasteiger partial charge is 0.295 e. The molecule has 1 heteroatoms. The molecule has 0 saturated heterocycles. The van der Waals surface area contributed by atoms with Gasteiger partial charge in [0.2, 0.25) is 0 Å². The first kappa shape index (κ1) is 15.9. The summed E-state index contributed by atoms with van der Waals surface area (Å²) in [6, 6.07) is 0. The van der Waals surface area contributed by atoms with Gasteiger partial charge < -0.3 is 0 Å². The van der Waals surface area contributed by atoms with Crippen LogP contribution in [0.2, 0.25) is 0 Å². The van der Waals surface area contributed by atoms with Crippen LogP contribution in [0.1, 0.15) is 72.6 Å². The molecule has 4 rings (SSSR count). The van der Waals surface area contributed by atoms with E-state index in [1.807, 2.05) is 0 Å². The van der Waals surface area contributed by atoms with Crippen molar-refractivity contribution in [3.8, 4) is 0 Å². The zero-order valence-electron chi connectivity index (χ0n) is 15.5. The van der Waals surface area contributed by atoms with Crippen molar-refractivity contribution in [2.45, 2.75) is 72.6 Å². The highest BCUT2D eigenvalue weighted by Crippen LogP contribution is 2.66. The van der Waals surface area contributed by atoms with Crippen LogP contribution in [0.4, 0.5) is 0 Å². The highest BCUT2D eigenvalue weighted by molar-refractivity contribution is 5.91. The number of ketones is 1. The van der Waals surface area contributed by atoms with Gasteiger partial charge in [0.25, 0.3) is 0 Å². The number of fused-ring (bicyclic) bond motifs is 5. The summed E-state index contributed by atoms with van der Waals surface area (Å²) in [6.07, 6.45) is 10.9. The van der Waals surface area contributed by atoms with Crippen LogP contribution < -0.4 is 0 Å². The molecule has 4 aliphatic carbocycles. The van der Waals surface area contributed by atoms with E-state index < -0.39 is 0 Å². The van der Waals surface area contributed by atoms with E-state index in [1.165, 1.54) is 37.7 Å². The first-order valence-electron chi connectivity index (χ1n) is 10.2. The number of carbonyl (C=O) groups is 1. The molecule has 4 aliphatic rings. The van der Waals surface area contributed by atoms with Crippen LogP contribution >= 0.6 is 0 Å². The van der Waals surface area contributed by atoms with Gasteiger partial charge in [0.1, 0.15) is 0 Å². The van der Waals surface area contributed by atoms with E-state index in [1.54, 1.807) is 0 Å². The first-order chi connectivity index (χ1) is 11.0. The minimum atomic E-state index is 0.396. The standard InChI is InChI=1S/C22H34O/c1-5-15-10-16-11-17(23)7-8-18(16)20-13(2)12-22(4)14(3)6-9-19(22)21(15)20/h11,13-15,18-21H,5-10,12H2,1-4H3. The van der Waals surface area contributed by atoms with Crippen LogP contribution in [0.3, 0.4) is 0 Å². The number of hydrogen-bond acceptors (Lipinski definition) is 1. The maximum absolute atomic E-state index is 12.0. The zero-order chi connectivity index (χ0) is 16.4. The van der Waals surface area contributed by atoms with E-state index in [0.717, 1.165) is 54.3 Å². The van der Waals surface area contributed by atoms with Crippen LogP contribution in [0, 0.1) is 46.8 Å². The molecule has 0 aliphatic heterocycles. The van der Waals surface area contributed by atoms with Gasteiger partial charge >= 0.3 is 0 Å². The summed E-state index contributed by atoms with van der Waals surface area (Å²) in [5.74, 6) is 6.42. The van der Waals surface area contributed by atoms with Crippen molar-refractivity contribution >= 4 is 5.78 Å². The molecule has 23 heavy (non-hydrogen) atoms. The van der Waals surface area contributed by atoms with Crippen molar-refractivity contribution in [1.29, 1.82) is 0 Å². The van der Waals surface area contributed by atoms with Crippen molar-refractivity contribution in [3.63, 3.8) is 0 Å². The maximum atomic E-state index is 12.0. The fourth-order valence-corrected chi connectivity index (χ4v) is 7.60. The minimum Gasteiger partial charge on any atom is -0.295 e. The van der Waals surface area contributed by atoms with Gasteiger partial charge in [-0.2, -0.15) is 0 Å². The van der Waals surface area contributed by atoms with Gasteiger partial charge in [-0.05, 0) is 85.0 Å². The number of carbonyl (C=O) groups excluding carboxylic acids is 1. The molecule has 0 aromatic heterocycles. The van der Waals surface area contributed by atoms with Crippen LogP contribution in [0.5, 0.6) is 0 Å². The minimum absolute atomic E-state index is 0.396. The molecule has 8 unspecified atom stereocenters. The second-order valence-electron chi connectivity index (χ2n) is 9.63. The summed E-state index contributed by atoms with van der Waals surface area (Å²) in [5.41, 5.74) is 2.12. The Labute approximate surface area is 142 Å². The lowest BCUT2D eigenvalue weighted by atomic mass is 9.46. The van der Waals surface area contributed by atoms with E-state index in [-0.39, 0.29) is 0 Å². The quantitative estimate of drug-likeness (QED) is 0.611. The van der Waals surface area contributed by atoms with Crippen LogP contribution in [-0.2, 0) is 4.79 Å². The first-order valence-corrected chi connectivity index (χ1v) is 10.2. The SMILES string of the molecule is CCC1CC2=CC(=O)CCC2C2C(C)CC3(C)C(C)CCC3C12. The Hall–Kier alpha value is -0.590. The summed E-state index contributed by atoms with van der Waals surface area (Å²) in [7, 11) is 0. The molecule has 0 radical (unpaired) electrons. The molecular formula is C22H34O. The van der Waals surface area contributed by atoms with Gasteiger partial charge in [0.15, 0.2) is 5.78 Å². The van der Waals surface area contributed by atoms with Gasteiger partial charge in [-0.25, -0.2) is 0 Å². The van der Waals surface area contributed by atoms with E-state index in [9.17, 15) is 4.79 Å². The summed E-state index contributed by atoms with van der Waals surface area (Å²) in [6.45, 7) is 10.1. The number of hydrogen-bond donors (Lipinski definition) is 0. The average Bonchev–Trinajstić information content (AvgIpc) is 2.81. The maximum Gasteiger partial charge on any atom is 0.155 e. The van der Waals surface area contributed by atoms with Crippen molar-refractivity contribution in [2.75, 3.05) is 0 Å². The normalized spacial score (nSPS) is 52.4. The van der Waals surface area contributed by atoms with Crippen LogP contribution in [0.25, 0.3) is 0 Å². The Morgan fingerprint density at radius 1 is 1.17 bits per heavy atom. The molecule has 8 atom stereocenters. The summed E-state index contributed by atoms with van der Waals surface area (Å²) in [4.78, 5) is 12.0. The average molecular weight is 315 g/mol. The third kappa shape index (κ3) is 2.21. The summed E-state index contributed by atoms with van der Waals surface area (Å²) < 4.78 is 0. The molecule has 3 saturated carbocycles. The van der Waals surface area contributed by atoms with Gasteiger partial charge in [-0.3, -0.25) is 4.79 Å². The Kier molecular flexibility index (Phi) is 3.78. The fourth-order valence-electron chi connectivity index (χ4n) is 7.60. The van der Waals surface area contributed by atoms with Gasteiger partial charge in [-0.1, -0.05) is 39.7 Å². The highest BCUT2D eigenvalue weighted by Gasteiger charge is 2.59. The van der Waals surface area contributed by atoms with Gasteiger partial charge in [0.05, 0.1) is 0 Å². The molecule has 0 heterocycles. The molecule has 1 nitrogen and oxygen atoms in total. The molecule has 0 spiro atoms. The molecule has 128 valence electrons. The Balaban J connectivity index is 1.75. The molecular weight excluding hydrogens is 280 g/mol. The molecule has 0 N–H and O–H groups in total. The Morgan fingerprint density at radius 2 is 1.96 bits per heavy atom. The predicted molar refractivity (Wildman–Crippen MR) is 95.0 cm³/mol. The third-order valence-electron chi connectivity index (χ3n) is 8.77. The summed E-state index contributed by atoms with van der Waals surface area (Å²) >= 11 is 0. The van der Waals surface area contributed by atoms with Crippen molar-refractivity contribution < 1.29 is 4.79 Å². The lowest BCUT2D eigenvalue weighted by Gasteiger charge is -2.59. The monoisotopic (exact) mass is 314 g/mol. The van der Waals surface area contributed by atoms with E-state index in [2.05, 4.69) is 33.8 Å². The summed E-state index contributed by atoms with van der Waals surface area (Å²) in [5, 5.41) is 0. The van der Waals surface area contributed by atoms with Gasteiger partial charge in [0, 0.05) is 6.42 Å². The van der Waals surface area contributed by atoms with Crippen molar-refractivity contribution in [1.82, 2.24) is 0 Å². The van der Waals surface area contributed by atoms with E-state index in [4.69, 9.17) is 0 Å². The third-order valence-corrected chi connectivity index (χ3v) is 8.77. The second kappa shape index (κ2) is 5.46. The van der Waals surface area contributed by atoms with E-state index >= 15 is 0 Å². The smallest absolute Gasteiger partial charge is 0.155 e. The van der Waals surface area contributed by atoms with Crippen LogP contribution in [-0.4, -0.2) is 5.78 Å². The molecule has 3 fully saturated rings. The number of rotatable bonds is 1. The molecule has 0 aromatic carbocycles. The lowest BCUT2D eigenvalue weighted by Crippen LogP contribution is -2.52. The Bertz CT molecular complexity index is 532. The predicted octanol–water partition coefficient (Wildman–Crippen LogP) is 5.65. The number of allylic oxidation sites excluding steroid dienone is 1. The van der Waals surface area contributed by atoms with Crippen LogP contribution in [0.15, 0.2) is 11.6 Å². The Morgan fingerprint density at radius 3 is 2.70 bits per heavy atom. The van der Waals surface area contributed by atoms with Gasteiger partial charge in [-0.15, -0.1) is 0 Å². The molecule has 0 aromatic rings. The van der Waals surface area contributed by atoms with Crippen molar-refractivity contribution in [3.05, 3.63) is 11.6 Å².